The molecule has 92 valence electrons. The Labute approximate surface area is 102 Å². The fraction of sp³-hybridized carbons (Fsp3) is 0.167. The number of nitrogens with two attached hydrogens (primary N) is 1. The molecule has 0 saturated heterocycles. The average molecular weight is 244 g/mol. The molecule has 1 amide bonds. The van der Waals surface area contributed by atoms with E-state index in [1.807, 2.05) is 16.7 Å². The molecule has 0 aliphatic heterocycles. The number of nitrogens with one attached hydrogen (secondary N) is 1. The van der Waals surface area contributed by atoms with Crippen LogP contribution < -0.4 is 5.73 Å². The number of benzene rings is 1. The first-order valence-corrected chi connectivity index (χ1v) is 5.59. The van der Waals surface area contributed by atoms with Crippen molar-refractivity contribution in [2.75, 3.05) is 6.61 Å². The van der Waals surface area contributed by atoms with Gasteiger partial charge in [-0.1, -0.05) is 0 Å². The summed E-state index contributed by atoms with van der Waals surface area (Å²) in [6.07, 6.45) is 2.45. The molecule has 3 rings (SSSR count). The lowest BCUT2D eigenvalue weighted by Gasteiger charge is -1.95. The first-order chi connectivity index (χ1) is 8.69. The third kappa shape index (κ3) is 1.54. The average Bonchev–Trinajstić information content (AvgIpc) is 2.85. The van der Waals surface area contributed by atoms with Gasteiger partial charge in [0.25, 0.3) is 0 Å². The molecule has 1 aromatic carbocycles. The zero-order valence-corrected chi connectivity index (χ0v) is 9.55. The number of aromatic amines is 1. The molecule has 6 heteroatoms. The van der Waals surface area contributed by atoms with E-state index in [9.17, 15) is 4.79 Å². The first-order valence-electron chi connectivity index (χ1n) is 5.59. The summed E-state index contributed by atoms with van der Waals surface area (Å²) in [5.41, 5.74) is 8.20. The molecule has 0 atom stereocenters. The summed E-state index contributed by atoms with van der Waals surface area (Å²) >= 11 is 0. The minimum Gasteiger partial charge on any atom is -0.396 e. The van der Waals surface area contributed by atoms with Gasteiger partial charge in [-0.2, -0.15) is 0 Å². The van der Waals surface area contributed by atoms with Crippen LogP contribution in [0.5, 0.6) is 0 Å². The molecule has 2 aromatic heterocycles. The number of aliphatic hydroxyl groups excluding tert-OH is 1. The van der Waals surface area contributed by atoms with E-state index in [0.717, 1.165) is 11.2 Å². The SMILES string of the molecule is NC(=O)c1ccc2c(c1)nc1[nH]c(CCO)cn12. The Morgan fingerprint density at radius 1 is 1.50 bits per heavy atom. The molecule has 4 N–H and O–H groups in total. The molecule has 0 aliphatic rings. The maximum atomic E-state index is 11.1. The van der Waals surface area contributed by atoms with Crippen molar-refractivity contribution in [1.82, 2.24) is 14.4 Å². The largest absolute Gasteiger partial charge is 0.396 e. The van der Waals surface area contributed by atoms with Gasteiger partial charge in [0, 0.05) is 30.5 Å². The van der Waals surface area contributed by atoms with Gasteiger partial charge in [0.15, 0.2) is 0 Å². The van der Waals surface area contributed by atoms with Crippen LogP contribution in [-0.2, 0) is 6.42 Å². The van der Waals surface area contributed by atoms with Crippen LogP contribution in [0.3, 0.4) is 0 Å². The van der Waals surface area contributed by atoms with Gasteiger partial charge in [-0.05, 0) is 18.2 Å². The van der Waals surface area contributed by atoms with Crippen LogP contribution in [0.4, 0.5) is 0 Å². The summed E-state index contributed by atoms with van der Waals surface area (Å²) in [6.45, 7) is 0.0907. The number of hydrogen-bond acceptors (Lipinski definition) is 3. The van der Waals surface area contributed by atoms with Crippen molar-refractivity contribution in [3.05, 3.63) is 35.7 Å². The zero-order valence-electron chi connectivity index (χ0n) is 9.55. The van der Waals surface area contributed by atoms with Crippen LogP contribution in [0.1, 0.15) is 16.1 Å². The maximum absolute atomic E-state index is 11.1. The van der Waals surface area contributed by atoms with Gasteiger partial charge in [0.05, 0.1) is 11.0 Å². The summed E-state index contributed by atoms with van der Waals surface area (Å²) in [5, 5.41) is 8.89. The van der Waals surface area contributed by atoms with E-state index in [1.54, 1.807) is 12.1 Å². The predicted octanol–water partition coefficient (Wildman–Crippen LogP) is 0.449. The van der Waals surface area contributed by atoms with Gasteiger partial charge < -0.3 is 15.8 Å². The molecule has 0 radical (unpaired) electrons. The van der Waals surface area contributed by atoms with Crippen LogP contribution in [0.15, 0.2) is 24.4 Å². The molecular formula is C12H12N4O2. The standard InChI is InChI=1S/C12H12N4O2/c13-11(18)7-1-2-10-9(5-7)15-12-14-8(3-4-17)6-16(10)12/h1-2,5-6,17H,3-4H2,(H2,13,18)(H,14,15). The molecule has 0 spiro atoms. The minimum atomic E-state index is -0.463. The molecule has 2 heterocycles. The van der Waals surface area contributed by atoms with E-state index < -0.39 is 5.91 Å². The van der Waals surface area contributed by atoms with Crippen molar-refractivity contribution in [2.24, 2.45) is 5.73 Å². The van der Waals surface area contributed by atoms with Crippen LogP contribution in [-0.4, -0.2) is 32.0 Å². The summed E-state index contributed by atoms with van der Waals surface area (Å²) in [4.78, 5) is 18.6. The summed E-state index contributed by atoms with van der Waals surface area (Å²) in [5.74, 6) is 0.226. The zero-order chi connectivity index (χ0) is 12.7. The van der Waals surface area contributed by atoms with Crippen LogP contribution in [0.2, 0.25) is 0 Å². The molecule has 18 heavy (non-hydrogen) atoms. The number of H-pyrrole nitrogens is 1. The van der Waals surface area contributed by atoms with Gasteiger partial charge in [0.1, 0.15) is 0 Å². The van der Waals surface area contributed by atoms with Crippen molar-refractivity contribution in [3.63, 3.8) is 0 Å². The lowest BCUT2D eigenvalue weighted by Crippen LogP contribution is -2.10. The van der Waals surface area contributed by atoms with Gasteiger partial charge in [-0.25, -0.2) is 4.98 Å². The third-order valence-electron chi connectivity index (χ3n) is 2.91. The number of aromatic nitrogens is 3. The van der Waals surface area contributed by atoms with Crippen molar-refractivity contribution in [1.29, 1.82) is 0 Å². The number of hydrogen-bond donors (Lipinski definition) is 3. The number of amides is 1. The first kappa shape index (κ1) is 10.8. The molecule has 3 aromatic rings. The number of primary amides is 1. The maximum Gasteiger partial charge on any atom is 0.248 e. The molecule has 0 fully saturated rings. The number of aliphatic hydroxyl groups is 1. The number of rotatable bonds is 3. The van der Waals surface area contributed by atoms with Crippen molar-refractivity contribution in [2.45, 2.75) is 6.42 Å². The van der Waals surface area contributed by atoms with Gasteiger partial charge in [-0.15, -0.1) is 0 Å². The Hall–Kier alpha value is -2.34. The molecule has 0 unspecified atom stereocenters. The number of imidazole rings is 2. The fourth-order valence-electron chi connectivity index (χ4n) is 2.05. The Bertz CT molecular complexity index is 741. The van der Waals surface area contributed by atoms with E-state index in [1.165, 1.54) is 0 Å². The second kappa shape index (κ2) is 3.85. The molecule has 0 aliphatic carbocycles. The predicted molar refractivity (Wildman–Crippen MR) is 66.4 cm³/mol. The topological polar surface area (TPSA) is 96.4 Å². The highest BCUT2D eigenvalue weighted by atomic mass is 16.3. The Kier molecular flexibility index (Phi) is 2.31. The quantitative estimate of drug-likeness (QED) is 0.624. The van der Waals surface area contributed by atoms with Crippen LogP contribution in [0, 0.1) is 0 Å². The van der Waals surface area contributed by atoms with Crippen LogP contribution in [0.25, 0.3) is 16.8 Å². The van der Waals surface area contributed by atoms with Crippen molar-refractivity contribution >= 4 is 22.7 Å². The highest BCUT2D eigenvalue weighted by molar-refractivity contribution is 5.96. The summed E-state index contributed by atoms with van der Waals surface area (Å²) < 4.78 is 1.89. The fourth-order valence-corrected chi connectivity index (χ4v) is 2.05. The van der Waals surface area contributed by atoms with Gasteiger partial charge in [-0.3, -0.25) is 9.20 Å². The minimum absolute atomic E-state index is 0.0907. The highest BCUT2D eigenvalue weighted by Gasteiger charge is 2.09. The van der Waals surface area contributed by atoms with Gasteiger partial charge in [0.2, 0.25) is 11.7 Å². The van der Waals surface area contributed by atoms with Crippen molar-refractivity contribution in [3.8, 4) is 0 Å². The van der Waals surface area contributed by atoms with E-state index in [-0.39, 0.29) is 6.61 Å². The smallest absolute Gasteiger partial charge is 0.248 e. The molecule has 0 saturated carbocycles. The molecular weight excluding hydrogens is 232 g/mol. The molecule has 0 bridgehead atoms. The molecule has 6 nitrogen and oxygen atoms in total. The second-order valence-electron chi connectivity index (χ2n) is 4.13. The van der Waals surface area contributed by atoms with E-state index in [2.05, 4.69) is 9.97 Å². The van der Waals surface area contributed by atoms with Crippen LogP contribution >= 0.6 is 0 Å². The monoisotopic (exact) mass is 244 g/mol. The van der Waals surface area contributed by atoms with E-state index in [4.69, 9.17) is 10.8 Å². The Balaban J connectivity index is 2.19. The normalized spacial score (nSPS) is 11.4. The van der Waals surface area contributed by atoms with Crippen molar-refractivity contribution < 1.29 is 9.90 Å². The Morgan fingerprint density at radius 3 is 3.06 bits per heavy atom. The lowest BCUT2D eigenvalue weighted by molar-refractivity contribution is 0.100. The number of fused-ring (bicyclic) bond motifs is 3. The summed E-state index contributed by atoms with van der Waals surface area (Å²) in [7, 11) is 0. The van der Waals surface area contributed by atoms with Gasteiger partial charge >= 0.3 is 0 Å². The van der Waals surface area contributed by atoms with E-state index in [0.29, 0.717) is 23.3 Å². The Morgan fingerprint density at radius 2 is 2.33 bits per heavy atom. The second-order valence-corrected chi connectivity index (χ2v) is 4.13. The number of carbonyl (C=O) groups excluding carboxylic acids is 1. The number of carbonyl (C=O) groups is 1. The lowest BCUT2D eigenvalue weighted by atomic mass is 10.2. The summed E-state index contributed by atoms with van der Waals surface area (Å²) in [6, 6.07) is 5.16. The number of nitrogens with zero attached hydrogens (tertiary/aromatic N) is 2. The highest BCUT2D eigenvalue weighted by Crippen LogP contribution is 2.18. The van der Waals surface area contributed by atoms with E-state index >= 15 is 0 Å². The third-order valence-corrected chi connectivity index (χ3v) is 2.91.